The number of rotatable bonds is 5. The number of pyridine rings is 1. The van der Waals surface area contributed by atoms with E-state index >= 15 is 0 Å². The molecule has 2 aromatic rings. The van der Waals surface area contributed by atoms with Crippen LogP contribution in [0.15, 0.2) is 48.8 Å². The molecule has 7 heteroatoms. The third kappa shape index (κ3) is 7.58. The molecule has 25 heavy (non-hydrogen) atoms. The Kier molecular flexibility index (Phi) is 9.02. The van der Waals surface area contributed by atoms with E-state index in [-0.39, 0.29) is 0 Å². The smallest absolute Gasteiger partial charge is 0.270 e. The second-order valence-electron chi connectivity index (χ2n) is 5.42. The van der Waals surface area contributed by atoms with Gasteiger partial charge in [-0.3, -0.25) is 9.78 Å². The number of halogens is 3. The number of alkyl halides is 3. The van der Waals surface area contributed by atoms with Gasteiger partial charge < -0.3 is 10.4 Å². The van der Waals surface area contributed by atoms with Crippen LogP contribution in [0.2, 0.25) is 0 Å². The number of aryl methyl sites for hydroxylation is 1. The van der Waals surface area contributed by atoms with Crippen LogP contribution >= 0.6 is 11.6 Å². The molecule has 0 bridgehead atoms. The first-order valence-corrected chi connectivity index (χ1v) is 8.08. The number of aliphatic hydroxyl groups excluding tert-OH is 1. The summed E-state index contributed by atoms with van der Waals surface area (Å²) in [6.07, 6.45) is 2.59. The van der Waals surface area contributed by atoms with Crippen LogP contribution in [0.1, 0.15) is 12.5 Å². The van der Waals surface area contributed by atoms with Crippen molar-refractivity contribution in [2.24, 2.45) is 0 Å². The molecule has 0 aliphatic rings. The minimum atomic E-state index is -2.21. The van der Waals surface area contributed by atoms with Gasteiger partial charge in [-0.05, 0) is 31.0 Å². The molecule has 0 fully saturated rings. The van der Waals surface area contributed by atoms with Crippen LogP contribution in [-0.4, -0.2) is 40.4 Å². The van der Waals surface area contributed by atoms with Crippen molar-refractivity contribution in [1.29, 1.82) is 0 Å². The number of aromatic nitrogens is 1. The van der Waals surface area contributed by atoms with Gasteiger partial charge in [0.15, 0.2) is 0 Å². The lowest BCUT2D eigenvalue weighted by Crippen LogP contribution is -2.45. The summed E-state index contributed by atoms with van der Waals surface area (Å²) in [4.78, 5) is 14.6. The van der Waals surface area contributed by atoms with Crippen molar-refractivity contribution in [3.05, 3.63) is 54.4 Å². The van der Waals surface area contributed by atoms with Gasteiger partial charge in [0.1, 0.15) is 6.67 Å². The summed E-state index contributed by atoms with van der Waals surface area (Å²) >= 11 is 4.75. The molecule has 0 radical (unpaired) electrons. The van der Waals surface area contributed by atoms with E-state index in [0.29, 0.717) is 0 Å². The lowest BCUT2D eigenvalue weighted by molar-refractivity contribution is -0.125. The lowest BCUT2D eigenvalue weighted by atomic mass is 10.1. The number of carbonyl (C=O) groups is 1. The second-order valence-corrected chi connectivity index (χ2v) is 5.80. The van der Waals surface area contributed by atoms with Crippen LogP contribution in [0, 0.1) is 6.92 Å². The second kappa shape index (κ2) is 10.7. The van der Waals surface area contributed by atoms with Crippen molar-refractivity contribution in [3.63, 3.8) is 0 Å². The van der Waals surface area contributed by atoms with Crippen LogP contribution in [0.25, 0.3) is 11.1 Å². The molecule has 1 heterocycles. The van der Waals surface area contributed by atoms with E-state index in [9.17, 15) is 13.6 Å². The van der Waals surface area contributed by atoms with E-state index < -0.39 is 30.4 Å². The Morgan fingerprint density at radius 3 is 2.36 bits per heavy atom. The average Bonchev–Trinajstić information content (AvgIpc) is 2.61. The summed E-state index contributed by atoms with van der Waals surface area (Å²) in [5, 5.41) is 10.7. The van der Waals surface area contributed by atoms with Crippen LogP contribution < -0.4 is 5.32 Å². The molecule has 1 amide bonds. The number of nitrogens with one attached hydrogen (secondary N) is 1. The molecule has 0 saturated carbocycles. The fourth-order valence-corrected chi connectivity index (χ4v) is 1.88. The summed E-state index contributed by atoms with van der Waals surface area (Å²) in [5.74, 6) is -1.14. The zero-order chi connectivity index (χ0) is 18.8. The third-order valence-electron chi connectivity index (χ3n) is 3.32. The fraction of sp³-hybridized carbons (Fsp3) is 0.333. The first-order chi connectivity index (χ1) is 11.8. The zero-order valence-corrected chi connectivity index (χ0v) is 14.8. The molecule has 0 saturated heterocycles. The normalized spacial score (nSPS) is 13.8. The maximum atomic E-state index is 12.0. The van der Waals surface area contributed by atoms with Crippen molar-refractivity contribution in [2.45, 2.75) is 31.6 Å². The molecule has 1 aromatic carbocycles. The Bertz CT molecular complexity index is 637. The number of hydrogen-bond acceptors (Lipinski definition) is 3. The zero-order valence-electron chi connectivity index (χ0n) is 14.0. The standard InChI is InChI=1S/C12H11N.C6H10ClF2NO2/c1-10-4-6-11(7-5-10)12-3-2-8-13-9-12;1-3(11)4(2-8)10-6(12)5(7)9/h2-9H,1H3;3-5,11H,2H2,1H3,(H,10,12). The molecule has 4 nitrogen and oxygen atoms in total. The summed E-state index contributed by atoms with van der Waals surface area (Å²) in [7, 11) is 0. The van der Waals surface area contributed by atoms with Gasteiger partial charge in [-0.15, -0.1) is 0 Å². The highest BCUT2D eigenvalue weighted by atomic mass is 35.5. The number of amides is 1. The molecular weight excluding hydrogens is 350 g/mol. The number of hydrogen-bond donors (Lipinski definition) is 2. The molecule has 2 N–H and O–H groups in total. The summed E-state index contributed by atoms with van der Waals surface area (Å²) in [5.41, 5.74) is 1.46. The molecule has 0 aliphatic heterocycles. The van der Waals surface area contributed by atoms with Gasteiger partial charge in [-0.1, -0.05) is 47.5 Å². The maximum Gasteiger partial charge on any atom is 0.270 e. The quantitative estimate of drug-likeness (QED) is 0.793. The molecule has 2 rings (SSSR count). The van der Waals surface area contributed by atoms with Crippen LogP contribution in [0.5, 0.6) is 0 Å². The third-order valence-corrected chi connectivity index (χ3v) is 3.52. The molecule has 0 spiro atoms. The monoisotopic (exact) mass is 370 g/mol. The van der Waals surface area contributed by atoms with Gasteiger partial charge in [0.25, 0.3) is 11.5 Å². The van der Waals surface area contributed by atoms with Crippen molar-refractivity contribution in [2.75, 3.05) is 6.67 Å². The lowest BCUT2D eigenvalue weighted by Gasteiger charge is -2.17. The highest BCUT2D eigenvalue weighted by Gasteiger charge is 2.21. The van der Waals surface area contributed by atoms with E-state index in [1.807, 2.05) is 17.6 Å². The molecule has 3 atom stereocenters. The Labute approximate surface area is 150 Å². The van der Waals surface area contributed by atoms with Gasteiger partial charge in [0.05, 0.1) is 12.1 Å². The summed E-state index contributed by atoms with van der Waals surface area (Å²) in [6, 6.07) is 11.4. The van der Waals surface area contributed by atoms with Crippen molar-refractivity contribution < 1.29 is 18.7 Å². The maximum absolute atomic E-state index is 12.0. The molecule has 136 valence electrons. The van der Waals surface area contributed by atoms with Gasteiger partial charge >= 0.3 is 0 Å². The summed E-state index contributed by atoms with van der Waals surface area (Å²) in [6.45, 7) is 2.41. The van der Waals surface area contributed by atoms with Crippen LogP contribution in [-0.2, 0) is 4.79 Å². The molecule has 0 aliphatic carbocycles. The largest absolute Gasteiger partial charge is 0.391 e. The highest BCUT2D eigenvalue weighted by molar-refractivity contribution is 6.29. The van der Waals surface area contributed by atoms with Crippen molar-refractivity contribution in [1.82, 2.24) is 10.3 Å². The highest BCUT2D eigenvalue weighted by Crippen LogP contribution is 2.17. The van der Waals surface area contributed by atoms with Gasteiger partial charge in [0.2, 0.25) is 0 Å². The van der Waals surface area contributed by atoms with Gasteiger partial charge in [0, 0.05) is 12.4 Å². The van der Waals surface area contributed by atoms with Crippen molar-refractivity contribution >= 4 is 17.5 Å². The number of nitrogens with zero attached hydrogens (tertiary/aromatic N) is 1. The SMILES string of the molecule is CC(O)C(CF)NC(=O)C(F)Cl.Cc1ccc(-c2cccnc2)cc1. The van der Waals surface area contributed by atoms with E-state index in [1.165, 1.54) is 23.6 Å². The number of carbonyl (C=O) groups excluding carboxylic acids is 1. The minimum Gasteiger partial charge on any atom is -0.391 e. The van der Waals surface area contributed by atoms with E-state index in [0.717, 1.165) is 0 Å². The predicted molar refractivity (Wildman–Crippen MR) is 94.7 cm³/mol. The van der Waals surface area contributed by atoms with Crippen LogP contribution in [0.3, 0.4) is 0 Å². The number of benzene rings is 1. The predicted octanol–water partition coefficient (Wildman–Crippen LogP) is 3.41. The number of aliphatic hydroxyl groups is 1. The first-order valence-electron chi connectivity index (χ1n) is 7.64. The molecule has 1 aromatic heterocycles. The Morgan fingerprint density at radius 2 is 1.92 bits per heavy atom. The Morgan fingerprint density at radius 1 is 1.28 bits per heavy atom. The summed E-state index contributed by atoms with van der Waals surface area (Å²) < 4.78 is 24.0. The Balaban J connectivity index is 0.000000252. The van der Waals surface area contributed by atoms with Crippen LogP contribution in [0.4, 0.5) is 8.78 Å². The Hall–Kier alpha value is -2.05. The van der Waals surface area contributed by atoms with Gasteiger partial charge in [-0.25, -0.2) is 8.78 Å². The van der Waals surface area contributed by atoms with E-state index in [1.54, 1.807) is 6.20 Å². The van der Waals surface area contributed by atoms with E-state index in [4.69, 9.17) is 16.7 Å². The van der Waals surface area contributed by atoms with Gasteiger partial charge in [-0.2, -0.15) is 0 Å². The topological polar surface area (TPSA) is 62.2 Å². The minimum absolute atomic E-state index is 0.965. The average molecular weight is 371 g/mol. The van der Waals surface area contributed by atoms with E-state index in [2.05, 4.69) is 42.2 Å². The van der Waals surface area contributed by atoms with Crippen molar-refractivity contribution in [3.8, 4) is 11.1 Å². The molecular formula is C18H21ClF2N2O2. The fourth-order valence-electron chi connectivity index (χ4n) is 1.81. The first kappa shape index (κ1) is 21.0. The molecule has 3 unspecified atom stereocenters.